The Labute approximate surface area is 123 Å². The van der Waals surface area contributed by atoms with Crippen LogP contribution in [0.15, 0.2) is 36.5 Å². The number of nitrogens with zero attached hydrogens (tertiary/aromatic N) is 2. The quantitative estimate of drug-likeness (QED) is 0.855. The predicted molar refractivity (Wildman–Crippen MR) is 80.4 cm³/mol. The Hall–Kier alpha value is -2.76. The highest BCUT2D eigenvalue weighted by Crippen LogP contribution is 2.25. The van der Waals surface area contributed by atoms with E-state index in [0.717, 1.165) is 5.56 Å². The van der Waals surface area contributed by atoms with E-state index in [4.69, 9.17) is 9.47 Å². The van der Waals surface area contributed by atoms with Gasteiger partial charge in [0.1, 0.15) is 11.5 Å². The summed E-state index contributed by atoms with van der Waals surface area (Å²) >= 11 is 0. The van der Waals surface area contributed by atoms with Crippen LogP contribution in [0.2, 0.25) is 0 Å². The molecule has 1 heterocycles. The first-order valence-electron chi connectivity index (χ1n) is 6.33. The molecule has 0 aliphatic carbocycles. The molecule has 0 saturated heterocycles. The van der Waals surface area contributed by atoms with Crippen molar-refractivity contribution in [1.29, 1.82) is 0 Å². The molecule has 0 radical (unpaired) electrons. The van der Waals surface area contributed by atoms with Crippen LogP contribution in [-0.2, 0) is 11.8 Å². The van der Waals surface area contributed by atoms with Gasteiger partial charge in [-0.3, -0.25) is 9.48 Å². The van der Waals surface area contributed by atoms with Crippen LogP contribution in [0.1, 0.15) is 5.56 Å². The van der Waals surface area contributed by atoms with Gasteiger partial charge in [-0.15, -0.1) is 0 Å². The molecule has 0 fully saturated rings. The molecule has 21 heavy (non-hydrogen) atoms. The maximum absolute atomic E-state index is 11.8. The molecule has 110 valence electrons. The molecule has 0 spiro atoms. The smallest absolute Gasteiger partial charge is 0.249 e. The average molecular weight is 287 g/mol. The van der Waals surface area contributed by atoms with Crippen LogP contribution in [0.25, 0.3) is 6.08 Å². The second kappa shape index (κ2) is 6.60. The third kappa shape index (κ3) is 3.85. The number of carbonyl (C=O) groups is 1. The standard InChI is InChI=1S/C15H17N3O3/c1-18-9-8-14(17-18)16-15(19)7-5-11-4-6-12(20-2)10-13(11)21-3/h4-10H,1-3H3,(H,16,17,19)/b7-5+. The highest BCUT2D eigenvalue weighted by atomic mass is 16.5. The molecule has 6 nitrogen and oxygen atoms in total. The summed E-state index contributed by atoms with van der Waals surface area (Å²) in [5, 5.41) is 6.74. The van der Waals surface area contributed by atoms with Crippen molar-refractivity contribution in [3.63, 3.8) is 0 Å². The number of methoxy groups -OCH3 is 2. The number of anilines is 1. The van der Waals surface area contributed by atoms with Gasteiger partial charge in [0.05, 0.1) is 14.2 Å². The monoisotopic (exact) mass is 287 g/mol. The second-order valence-corrected chi connectivity index (χ2v) is 4.31. The molecule has 1 aromatic carbocycles. The van der Waals surface area contributed by atoms with Gasteiger partial charge in [0.25, 0.3) is 0 Å². The van der Waals surface area contributed by atoms with E-state index in [1.807, 2.05) is 6.07 Å². The number of nitrogens with one attached hydrogen (secondary N) is 1. The molecule has 6 heteroatoms. The summed E-state index contributed by atoms with van der Waals surface area (Å²) in [6.07, 6.45) is 4.86. The van der Waals surface area contributed by atoms with Crippen LogP contribution in [0.5, 0.6) is 11.5 Å². The van der Waals surface area contributed by atoms with Gasteiger partial charge < -0.3 is 14.8 Å². The zero-order valence-corrected chi connectivity index (χ0v) is 12.2. The number of aromatic nitrogens is 2. The lowest BCUT2D eigenvalue weighted by molar-refractivity contribution is -0.111. The van der Waals surface area contributed by atoms with Crippen molar-refractivity contribution < 1.29 is 14.3 Å². The molecule has 0 aliphatic rings. The molecular weight excluding hydrogens is 270 g/mol. The Bertz CT molecular complexity index is 662. The second-order valence-electron chi connectivity index (χ2n) is 4.31. The fourth-order valence-electron chi connectivity index (χ4n) is 1.77. The van der Waals surface area contributed by atoms with Gasteiger partial charge >= 0.3 is 0 Å². The van der Waals surface area contributed by atoms with E-state index in [2.05, 4.69) is 10.4 Å². The fraction of sp³-hybridized carbons (Fsp3) is 0.200. The minimum Gasteiger partial charge on any atom is -0.497 e. The third-order valence-corrected chi connectivity index (χ3v) is 2.82. The lowest BCUT2D eigenvalue weighted by atomic mass is 10.1. The van der Waals surface area contributed by atoms with Gasteiger partial charge in [0.2, 0.25) is 5.91 Å². The third-order valence-electron chi connectivity index (χ3n) is 2.82. The highest BCUT2D eigenvalue weighted by molar-refractivity contribution is 6.01. The number of aryl methyl sites for hydroxylation is 1. The summed E-state index contributed by atoms with van der Waals surface area (Å²) in [6.45, 7) is 0. The zero-order valence-electron chi connectivity index (χ0n) is 12.2. The van der Waals surface area contributed by atoms with Gasteiger partial charge in [-0.2, -0.15) is 5.10 Å². The molecule has 1 aromatic heterocycles. The van der Waals surface area contributed by atoms with E-state index in [0.29, 0.717) is 17.3 Å². The van der Waals surface area contributed by atoms with E-state index in [9.17, 15) is 4.79 Å². The van der Waals surface area contributed by atoms with E-state index < -0.39 is 0 Å². The van der Waals surface area contributed by atoms with Crippen molar-refractivity contribution >= 4 is 17.8 Å². The zero-order chi connectivity index (χ0) is 15.2. The number of benzene rings is 1. The van der Waals surface area contributed by atoms with Crippen molar-refractivity contribution in [2.24, 2.45) is 7.05 Å². The van der Waals surface area contributed by atoms with Gasteiger partial charge in [-0.25, -0.2) is 0 Å². The number of hydrogen-bond acceptors (Lipinski definition) is 4. The predicted octanol–water partition coefficient (Wildman–Crippen LogP) is 2.09. The molecule has 1 N–H and O–H groups in total. The maximum atomic E-state index is 11.8. The van der Waals surface area contributed by atoms with E-state index in [1.165, 1.54) is 6.08 Å². The topological polar surface area (TPSA) is 65.4 Å². The Morgan fingerprint density at radius 1 is 1.29 bits per heavy atom. The average Bonchev–Trinajstić information content (AvgIpc) is 2.90. The highest BCUT2D eigenvalue weighted by Gasteiger charge is 2.04. The molecule has 0 bridgehead atoms. The summed E-state index contributed by atoms with van der Waals surface area (Å²) in [6, 6.07) is 7.11. The number of rotatable bonds is 5. The van der Waals surface area contributed by atoms with Gasteiger partial charge in [-0.05, 0) is 18.2 Å². The summed E-state index contributed by atoms with van der Waals surface area (Å²) < 4.78 is 12.0. The van der Waals surface area contributed by atoms with Crippen LogP contribution in [0.3, 0.4) is 0 Å². The lowest BCUT2D eigenvalue weighted by Gasteiger charge is -2.07. The first-order valence-corrected chi connectivity index (χ1v) is 6.33. The molecule has 0 aliphatic heterocycles. The largest absolute Gasteiger partial charge is 0.497 e. The minimum atomic E-state index is -0.258. The van der Waals surface area contributed by atoms with Gasteiger partial charge in [-0.1, -0.05) is 0 Å². The summed E-state index contributed by atoms with van der Waals surface area (Å²) in [4.78, 5) is 11.8. The first kappa shape index (κ1) is 14.6. The van der Waals surface area contributed by atoms with Crippen molar-refractivity contribution in [1.82, 2.24) is 9.78 Å². The van der Waals surface area contributed by atoms with Crippen LogP contribution in [0, 0.1) is 0 Å². The minimum absolute atomic E-state index is 0.258. The number of ether oxygens (including phenoxy) is 2. The van der Waals surface area contributed by atoms with Crippen molar-refractivity contribution in [2.75, 3.05) is 19.5 Å². The first-order chi connectivity index (χ1) is 10.1. The fourth-order valence-corrected chi connectivity index (χ4v) is 1.77. The molecular formula is C15H17N3O3. The van der Waals surface area contributed by atoms with Crippen LogP contribution in [0.4, 0.5) is 5.82 Å². The number of amides is 1. The molecule has 0 unspecified atom stereocenters. The van der Waals surface area contributed by atoms with Crippen molar-refractivity contribution in [2.45, 2.75) is 0 Å². The maximum Gasteiger partial charge on any atom is 0.249 e. The van der Waals surface area contributed by atoms with E-state index >= 15 is 0 Å². The van der Waals surface area contributed by atoms with Crippen molar-refractivity contribution in [3.8, 4) is 11.5 Å². The SMILES string of the molecule is COc1ccc(/C=C/C(=O)Nc2ccn(C)n2)c(OC)c1. The molecule has 2 aromatic rings. The van der Waals surface area contributed by atoms with Gasteiger partial charge in [0.15, 0.2) is 5.82 Å². The Kier molecular flexibility index (Phi) is 4.61. The van der Waals surface area contributed by atoms with Crippen LogP contribution in [-0.4, -0.2) is 29.9 Å². The van der Waals surface area contributed by atoms with Crippen molar-refractivity contribution in [3.05, 3.63) is 42.1 Å². The normalized spacial score (nSPS) is 10.6. The molecule has 0 saturated carbocycles. The Balaban J connectivity index is 2.08. The lowest BCUT2D eigenvalue weighted by Crippen LogP contribution is -2.08. The number of hydrogen-bond donors (Lipinski definition) is 1. The molecule has 0 atom stereocenters. The van der Waals surface area contributed by atoms with E-state index in [-0.39, 0.29) is 5.91 Å². The summed E-state index contributed by atoms with van der Waals surface area (Å²) in [7, 11) is 4.94. The molecule has 1 amide bonds. The Morgan fingerprint density at radius 2 is 2.10 bits per heavy atom. The number of carbonyl (C=O) groups excluding carboxylic acids is 1. The summed E-state index contributed by atoms with van der Waals surface area (Å²) in [5.74, 6) is 1.58. The van der Waals surface area contributed by atoms with Crippen LogP contribution < -0.4 is 14.8 Å². The Morgan fingerprint density at radius 3 is 2.71 bits per heavy atom. The van der Waals surface area contributed by atoms with Crippen LogP contribution >= 0.6 is 0 Å². The summed E-state index contributed by atoms with van der Waals surface area (Å²) in [5.41, 5.74) is 0.787. The molecule has 2 rings (SSSR count). The van der Waals surface area contributed by atoms with E-state index in [1.54, 1.807) is 56.4 Å². The van der Waals surface area contributed by atoms with Gasteiger partial charge in [0, 0.05) is 37.0 Å².